The summed E-state index contributed by atoms with van der Waals surface area (Å²) < 4.78 is 5.01. The van der Waals surface area contributed by atoms with Gasteiger partial charge in [-0.15, -0.1) is 0 Å². The third-order valence-electron chi connectivity index (χ3n) is 2.56. The van der Waals surface area contributed by atoms with Gasteiger partial charge in [0.2, 0.25) is 0 Å². The summed E-state index contributed by atoms with van der Waals surface area (Å²) in [4.78, 5) is 0. The van der Waals surface area contributed by atoms with E-state index in [2.05, 4.69) is 28.0 Å². The van der Waals surface area contributed by atoms with Crippen molar-refractivity contribution in [1.82, 2.24) is 10.7 Å². The van der Waals surface area contributed by atoms with E-state index in [-0.39, 0.29) is 6.04 Å². The highest BCUT2D eigenvalue weighted by Crippen LogP contribution is 2.15. The van der Waals surface area contributed by atoms with Crippen molar-refractivity contribution < 1.29 is 4.74 Å². The molecule has 2 atom stereocenters. The summed E-state index contributed by atoms with van der Waals surface area (Å²) in [6.45, 7) is 2.63. The van der Waals surface area contributed by atoms with Crippen molar-refractivity contribution >= 4 is 23.5 Å². The smallest absolute Gasteiger partial charge is 0.187 e. The van der Waals surface area contributed by atoms with E-state index in [4.69, 9.17) is 17.0 Å². The van der Waals surface area contributed by atoms with Crippen LogP contribution in [0.25, 0.3) is 0 Å². The van der Waals surface area contributed by atoms with E-state index in [9.17, 15) is 0 Å². The molecule has 0 fully saturated rings. The SMILES string of the molecule is COC[C@@H](C)NC(=S)N/N=C\[C@H]1CC=CCC1. The first-order valence-corrected chi connectivity index (χ1v) is 6.37. The zero-order valence-corrected chi connectivity index (χ0v) is 11.3. The lowest BCUT2D eigenvalue weighted by atomic mass is 9.96. The predicted octanol–water partition coefficient (Wildman–Crippen LogP) is 1.83. The highest BCUT2D eigenvalue weighted by Gasteiger charge is 2.06. The van der Waals surface area contributed by atoms with Crippen LogP contribution in [-0.4, -0.2) is 31.1 Å². The lowest BCUT2D eigenvalue weighted by Gasteiger charge is -2.15. The van der Waals surface area contributed by atoms with Crippen molar-refractivity contribution in [3.05, 3.63) is 12.2 Å². The molecule has 0 unspecified atom stereocenters. The zero-order chi connectivity index (χ0) is 12.5. The highest BCUT2D eigenvalue weighted by atomic mass is 32.1. The number of hydrogen-bond acceptors (Lipinski definition) is 3. The number of thiocarbonyl (C=S) groups is 1. The van der Waals surface area contributed by atoms with Crippen LogP contribution in [-0.2, 0) is 4.74 Å². The van der Waals surface area contributed by atoms with Crippen LogP contribution in [0.4, 0.5) is 0 Å². The zero-order valence-electron chi connectivity index (χ0n) is 10.5. The van der Waals surface area contributed by atoms with E-state index in [1.165, 1.54) is 6.42 Å². The van der Waals surface area contributed by atoms with Crippen molar-refractivity contribution in [2.45, 2.75) is 32.2 Å². The fraction of sp³-hybridized carbons (Fsp3) is 0.667. The molecule has 17 heavy (non-hydrogen) atoms. The van der Waals surface area contributed by atoms with Crippen LogP contribution in [0.5, 0.6) is 0 Å². The summed E-state index contributed by atoms with van der Waals surface area (Å²) in [5.74, 6) is 0.534. The van der Waals surface area contributed by atoms with Crippen LogP contribution in [0.3, 0.4) is 0 Å². The van der Waals surface area contributed by atoms with Crippen LogP contribution >= 0.6 is 12.2 Å². The first-order valence-electron chi connectivity index (χ1n) is 5.96. The minimum Gasteiger partial charge on any atom is -0.383 e. The summed E-state index contributed by atoms with van der Waals surface area (Å²) in [5.41, 5.74) is 2.83. The molecule has 1 aliphatic carbocycles. The third kappa shape index (κ3) is 6.38. The first kappa shape index (κ1) is 14.1. The quantitative estimate of drug-likeness (QED) is 0.340. The second-order valence-corrected chi connectivity index (χ2v) is 4.67. The third-order valence-corrected chi connectivity index (χ3v) is 2.76. The molecule has 0 aromatic carbocycles. The molecule has 0 aromatic rings. The molecule has 5 heteroatoms. The monoisotopic (exact) mass is 255 g/mol. The van der Waals surface area contributed by atoms with Crippen LogP contribution in [0.1, 0.15) is 26.2 Å². The summed E-state index contributed by atoms with van der Waals surface area (Å²) in [6.07, 6.45) is 9.75. The van der Waals surface area contributed by atoms with E-state index in [1.54, 1.807) is 7.11 Å². The first-order chi connectivity index (χ1) is 8.22. The topological polar surface area (TPSA) is 45.6 Å². The normalized spacial score (nSPS) is 21.4. The maximum absolute atomic E-state index is 5.11. The Morgan fingerprint density at radius 1 is 1.65 bits per heavy atom. The van der Waals surface area contributed by atoms with Gasteiger partial charge in [-0.05, 0) is 44.3 Å². The molecule has 0 amide bonds. The van der Waals surface area contributed by atoms with Crippen molar-refractivity contribution in [2.75, 3.05) is 13.7 Å². The van der Waals surface area contributed by atoms with Crippen LogP contribution < -0.4 is 10.7 Å². The molecule has 0 saturated heterocycles. The van der Waals surface area contributed by atoms with Gasteiger partial charge in [-0.2, -0.15) is 5.10 Å². The number of methoxy groups -OCH3 is 1. The van der Waals surface area contributed by atoms with E-state index >= 15 is 0 Å². The molecule has 96 valence electrons. The number of rotatable bonds is 5. The van der Waals surface area contributed by atoms with Gasteiger partial charge < -0.3 is 10.1 Å². The van der Waals surface area contributed by atoms with Gasteiger partial charge in [-0.1, -0.05) is 12.2 Å². The van der Waals surface area contributed by atoms with Crippen molar-refractivity contribution in [2.24, 2.45) is 11.0 Å². The Bertz CT molecular complexity index is 291. The summed E-state index contributed by atoms with van der Waals surface area (Å²) >= 11 is 5.11. The molecule has 0 radical (unpaired) electrons. The molecule has 0 heterocycles. The molecular formula is C12H21N3OS. The highest BCUT2D eigenvalue weighted by molar-refractivity contribution is 7.80. The largest absolute Gasteiger partial charge is 0.383 e. The molecule has 0 aromatic heterocycles. The number of allylic oxidation sites excluding steroid dienone is 2. The maximum Gasteiger partial charge on any atom is 0.187 e. The van der Waals surface area contributed by atoms with Crippen molar-refractivity contribution in [3.63, 3.8) is 0 Å². The Labute approximate surface area is 108 Å². The second-order valence-electron chi connectivity index (χ2n) is 4.26. The van der Waals surface area contributed by atoms with Gasteiger partial charge in [0.05, 0.1) is 6.61 Å². The molecule has 0 saturated carbocycles. The Morgan fingerprint density at radius 3 is 3.12 bits per heavy atom. The molecule has 1 rings (SSSR count). The lowest BCUT2D eigenvalue weighted by Crippen LogP contribution is -2.40. The van der Waals surface area contributed by atoms with Gasteiger partial charge >= 0.3 is 0 Å². The predicted molar refractivity (Wildman–Crippen MR) is 75.2 cm³/mol. The summed E-state index contributed by atoms with van der Waals surface area (Å²) in [6, 6.07) is 0.188. The molecule has 2 N–H and O–H groups in total. The molecule has 4 nitrogen and oxygen atoms in total. The fourth-order valence-corrected chi connectivity index (χ4v) is 1.96. The number of nitrogens with zero attached hydrogens (tertiary/aromatic N) is 1. The average molecular weight is 255 g/mol. The number of ether oxygens (including phenoxy) is 1. The maximum atomic E-state index is 5.11. The van der Waals surface area contributed by atoms with Crippen LogP contribution in [0.15, 0.2) is 17.3 Å². The van der Waals surface area contributed by atoms with Crippen molar-refractivity contribution in [3.8, 4) is 0 Å². The van der Waals surface area contributed by atoms with E-state index in [0.717, 1.165) is 12.8 Å². The molecule has 0 spiro atoms. The number of hydrogen-bond donors (Lipinski definition) is 2. The summed E-state index contributed by atoms with van der Waals surface area (Å²) in [7, 11) is 1.67. The van der Waals surface area contributed by atoms with E-state index < -0.39 is 0 Å². The summed E-state index contributed by atoms with van der Waals surface area (Å²) in [5, 5.41) is 7.78. The van der Waals surface area contributed by atoms with Gasteiger partial charge in [0.25, 0.3) is 0 Å². The van der Waals surface area contributed by atoms with Crippen LogP contribution in [0.2, 0.25) is 0 Å². The average Bonchev–Trinajstić information content (AvgIpc) is 2.30. The Balaban J connectivity index is 2.18. The fourth-order valence-electron chi connectivity index (χ4n) is 1.70. The molecule has 0 bridgehead atoms. The van der Waals surface area contributed by atoms with Crippen LogP contribution in [0, 0.1) is 5.92 Å². The minimum absolute atomic E-state index is 0.188. The van der Waals surface area contributed by atoms with Gasteiger partial charge in [0.1, 0.15) is 0 Å². The Hall–Kier alpha value is -0.940. The molecule has 0 aliphatic heterocycles. The number of nitrogens with one attached hydrogen (secondary N) is 2. The minimum atomic E-state index is 0.188. The standard InChI is InChI=1S/C12H21N3OS/c1-10(9-16-2)14-12(17)15-13-8-11-6-4-3-5-7-11/h3-4,8,10-11H,5-7,9H2,1-2H3,(H2,14,15,17)/b13-8-/t10-,11+/m1/s1. The second kappa shape index (κ2) is 8.20. The Kier molecular flexibility index (Phi) is 6.81. The van der Waals surface area contributed by atoms with Gasteiger partial charge in [-0.3, -0.25) is 5.43 Å². The van der Waals surface area contributed by atoms with E-state index in [0.29, 0.717) is 17.6 Å². The lowest BCUT2D eigenvalue weighted by molar-refractivity contribution is 0.179. The molecular weight excluding hydrogens is 234 g/mol. The van der Waals surface area contributed by atoms with Gasteiger partial charge in [-0.25, -0.2) is 0 Å². The van der Waals surface area contributed by atoms with Gasteiger partial charge in [0, 0.05) is 19.4 Å². The van der Waals surface area contributed by atoms with Gasteiger partial charge in [0.15, 0.2) is 5.11 Å². The Morgan fingerprint density at radius 2 is 2.47 bits per heavy atom. The van der Waals surface area contributed by atoms with E-state index in [1.807, 2.05) is 13.1 Å². The number of hydrazone groups is 1. The van der Waals surface area contributed by atoms with Crippen molar-refractivity contribution in [1.29, 1.82) is 0 Å². The molecule has 1 aliphatic rings.